The topological polar surface area (TPSA) is 52.6 Å². The van der Waals surface area contributed by atoms with E-state index in [0.717, 1.165) is 0 Å². The van der Waals surface area contributed by atoms with E-state index in [2.05, 4.69) is 0 Å². The van der Waals surface area contributed by atoms with Crippen molar-refractivity contribution in [3.8, 4) is 5.75 Å². The third-order valence-corrected chi connectivity index (χ3v) is 4.01. The highest BCUT2D eigenvalue weighted by atomic mass is 35.5. The van der Waals surface area contributed by atoms with Crippen molar-refractivity contribution < 1.29 is 19.1 Å². The number of benzene rings is 1. The summed E-state index contributed by atoms with van der Waals surface area (Å²) < 4.78 is 10.2. The predicted molar refractivity (Wildman–Crippen MR) is 86.7 cm³/mol. The third-order valence-electron chi connectivity index (χ3n) is 2.99. The lowest BCUT2D eigenvalue weighted by Gasteiger charge is -2.16. The van der Waals surface area contributed by atoms with Crippen molar-refractivity contribution in [2.75, 3.05) is 0 Å². The molecule has 0 heterocycles. The third kappa shape index (κ3) is 6.03. The number of ether oxygens (including phenoxy) is 2. The summed E-state index contributed by atoms with van der Waals surface area (Å²) in [5.74, 6) is -0.733. The number of hydrogen-bond donors (Lipinski definition) is 0. The number of carbonyl (C=O) groups excluding carboxylic acids is 2. The Morgan fingerprint density at radius 1 is 0.955 bits per heavy atom. The minimum atomic E-state index is -0.602. The molecule has 0 amide bonds. The molecule has 0 N–H and O–H groups in total. The summed E-state index contributed by atoms with van der Waals surface area (Å²) in [5.41, 5.74) is 0. The zero-order valence-electron chi connectivity index (χ0n) is 12.5. The molecular weight excluding hydrogens is 351 g/mol. The Kier molecular flexibility index (Phi) is 7.46. The summed E-state index contributed by atoms with van der Waals surface area (Å²) in [6, 6.07) is 2.73. The first-order valence-electron chi connectivity index (χ1n) is 6.75. The van der Waals surface area contributed by atoms with Gasteiger partial charge in [-0.1, -0.05) is 48.7 Å². The zero-order chi connectivity index (χ0) is 16.9. The number of hydrogen-bond acceptors (Lipinski definition) is 4. The summed E-state index contributed by atoms with van der Waals surface area (Å²) in [6.07, 6.45) is -0.372. The first kappa shape index (κ1) is 19.1. The van der Waals surface area contributed by atoms with Crippen LogP contribution in [0.25, 0.3) is 0 Å². The molecule has 0 radical (unpaired) electrons. The van der Waals surface area contributed by atoms with Crippen LogP contribution in [0.3, 0.4) is 0 Å². The molecule has 0 aliphatic rings. The maximum atomic E-state index is 11.7. The van der Waals surface area contributed by atoms with Crippen LogP contribution in [0.15, 0.2) is 12.1 Å². The molecule has 4 nitrogen and oxygen atoms in total. The molecule has 0 aromatic heterocycles. The van der Waals surface area contributed by atoms with Crippen LogP contribution in [-0.4, -0.2) is 18.0 Å². The minimum Gasteiger partial charge on any atom is -0.462 e. The quantitative estimate of drug-likeness (QED) is 0.407. The highest BCUT2D eigenvalue weighted by Gasteiger charge is 2.16. The second-order valence-corrected chi connectivity index (χ2v) is 6.33. The smallest absolute Gasteiger partial charge is 0.311 e. The van der Waals surface area contributed by atoms with Crippen molar-refractivity contribution in [2.45, 2.75) is 39.7 Å². The first-order chi connectivity index (χ1) is 10.2. The summed E-state index contributed by atoms with van der Waals surface area (Å²) in [6.45, 7) is 5.69. The van der Waals surface area contributed by atoms with Crippen LogP contribution in [0.4, 0.5) is 0 Å². The highest BCUT2D eigenvalue weighted by molar-refractivity contribution is 6.43. The fraction of sp³-hybridized carbons (Fsp3) is 0.467. The molecule has 0 bridgehead atoms. The fourth-order valence-corrected chi connectivity index (χ4v) is 1.94. The van der Waals surface area contributed by atoms with Crippen LogP contribution in [0.5, 0.6) is 5.75 Å². The van der Waals surface area contributed by atoms with E-state index >= 15 is 0 Å². The van der Waals surface area contributed by atoms with Gasteiger partial charge in [-0.25, -0.2) is 0 Å². The van der Waals surface area contributed by atoms with E-state index in [1.54, 1.807) is 6.92 Å². The maximum absolute atomic E-state index is 11.7. The molecule has 22 heavy (non-hydrogen) atoms. The van der Waals surface area contributed by atoms with Crippen molar-refractivity contribution in [1.82, 2.24) is 0 Å². The van der Waals surface area contributed by atoms with Gasteiger partial charge < -0.3 is 9.47 Å². The van der Waals surface area contributed by atoms with Crippen molar-refractivity contribution in [2.24, 2.45) is 5.92 Å². The molecule has 1 rings (SSSR count). The molecule has 0 spiro atoms. The summed E-state index contributed by atoms with van der Waals surface area (Å²) >= 11 is 17.5. The lowest BCUT2D eigenvalue weighted by Crippen LogP contribution is -2.21. The van der Waals surface area contributed by atoms with Gasteiger partial charge in [0.25, 0.3) is 0 Å². The van der Waals surface area contributed by atoms with Crippen LogP contribution < -0.4 is 4.74 Å². The van der Waals surface area contributed by atoms with E-state index < -0.39 is 11.9 Å². The van der Waals surface area contributed by atoms with E-state index in [1.165, 1.54) is 12.1 Å². The Bertz CT molecular complexity index is 558. The van der Waals surface area contributed by atoms with E-state index in [4.69, 9.17) is 44.3 Å². The van der Waals surface area contributed by atoms with Gasteiger partial charge in [0.2, 0.25) is 0 Å². The molecule has 1 atom stereocenters. The number of rotatable bonds is 6. The number of carbonyl (C=O) groups is 2. The van der Waals surface area contributed by atoms with Crippen LogP contribution in [0.1, 0.15) is 33.6 Å². The highest BCUT2D eigenvalue weighted by Crippen LogP contribution is 2.34. The molecule has 0 aliphatic carbocycles. The molecule has 0 fully saturated rings. The summed E-state index contributed by atoms with van der Waals surface area (Å²) in [7, 11) is 0. The van der Waals surface area contributed by atoms with Gasteiger partial charge in [-0.3, -0.25) is 9.59 Å². The molecule has 1 aromatic rings. The normalized spacial score (nSPS) is 12.1. The Hall–Kier alpha value is -0.970. The van der Waals surface area contributed by atoms with E-state index in [9.17, 15) is 9.59 Å². The van der Waals surface area contributed by atoms with Gasteiger partial charge in [-0.15, -0.1) is 0 Å². The Labute approximate surface area is 144 Å². The maximum Gasteiger partial charge on any atom is 0.311 e. The van der Waals surface area contributed by atoms with E-state index in [-0.39, 0.29) is 45.7 Å². The zero-order valence-corrected chi connectivity index (χ0v) is 14.8. The Morgan fingerprint density at radius 2 is 1.50 bits per heavy atom. The van der Waals surface area contributed by atoms with Gasteiger partial charge in [-0.05, 0) is 18.9 Å². The monoisotopic (exact) mass is 366 g/mol. The molecule has 122 valence electrons. The lowest BCUT2D eigenvalue weighted by molar-refractivity contribution is -0.152. The van der Waals surface area contributed by atoms with Crippen LogP contribution in [-0.2, 0) is 14.3 Å². The summed E-state index contributed by atoms with van der Waals surface area (Å²) in [5, 5.41) is 0.649. The first-order valence-corrected chi connectivity index (χ1v) is 7.88. The Balaban J connectivity index is 2.50. The fourth-order valence-electron chi connectivity index (χ4n) is 1.36. The van der Waals surface area contributed by atoms with Gasteiger partial charge >= 0.3 is 11.9 Å². The van der Waals surface area contributed by atoms with E-state index in [1.807, 2.05) is 13.8 Å². The standard InChI is InChI=1S/C15H17Cl3O4/c1-8(2)9(3)21-14(19)4-5-15(20)22-13-7-11(17)10(16)6-12(13)18/h6-9H,4-5H2,1-3H3. The molecule has 1 aromatic carbocycles. The molecular formula is C15H17Cl3O4. The molecule has 0 saturated heterocycles. The molecule has 0 aliphatic heterocycles. The summed E-state index contributed by atoms with van der Waals surface area (Å²) in [4.78, 5) is 23.3. The number of halogens is 3. The van der Waals surface area contributed by atoms with Crippen molar-refractivity contribution in [1.29, 1.82) is 0 Å². The van der Waals surface area contributed by atoms with Gasteiger partial charge in [0.05, 0.1) is 27.9 Å². The molecule has 7 heteroatoms. The second-order valence-electron chi connectivity index (χ2n) is 5.11. The molecule has 0 saturated carbocycles. The van der Waals surface area contributed by atoms with Crippen LogP contribution in [0.2, 0.25) is 15.1 Å². The Morgan fingerprint density at radius 3 is 2.09 bits per heavy atom. The minimum absolute atomic E-state index is 0.0607. The van der Waals surface area contributed by atoms with Gasteiger partial charge in [-0.2, -0.15) is 0 Å². The van der Waals surface area contributed by atoms with Crippen molar-refractivity contribution in [3.05, 3.63) is 27.2 Å². The van der Waals surface area contributed by atoms with Crippen LogP contribution in [0, 0.1) is 5.92 Å². The van der Waals surface area contributed by atoms with Crippen molar-refractivity contribution in [3.63, 3.8) is 0 Å². The average molecular weight is 368 g/mol. The SMILES string of the molecule is CC(C)C(C)OC(=O)CCC(=O)Oc1cc(Cl)c(Cl)cc1Cl. The van der Waals surface area contributed by atoms with Crippen LogP contribution >= 0.6 is 34.8 Å². The average Bonchev–Trinajstić information content (AvgIpc) is 2.42. The van der Waals surface area contributed by atoms with Gasteiger partial charge in [0.15, 0.2) is 5.75 Å². The lowest BCUT2D eigenvalue weighted by atomic mass is 10.1. The largest absolute Gasteiger partial charge is 0.462 e. The number of esters is 2. The molecule has 1 unspecified atom stereocenters. The van der Waals surface area contributed by atoms with E-state index in [0.29, 0.717) is 0 Å². The van der Waals surface area contributed by atoms with Gasteiger partial charge in [0.1, 0.15) is 6.10 Å². The van der Waals surface area contributed by atoms with Gasteiger partial charge in [0, 0.05) is 6.07 Å². The predicted octanol–water partition coefficient (Wildman–Crippen LogP) is 4.92. The second kappa shape index (κ2) is 8.61. The van der Waals surface area contributed by atoms with Crippen molar-refractivity contribution >= 4 is 46.7 Å².